The molecule has 27 heavy (non-hydrogen) atoms. The van der Waals surface area contributed by atoms with E-state index in [1.165, 1.54) is 17.3 Å². The molecule has 0 bridgehead atoms. The summed E-state index contributed by atoms with van der Waals surface area (Å²) in [6.45, 7) is 8.59. The summed E-state index contributed by atoms with van der Waals surface area (Å²) < 4.78 is 0. The maximum Gasteiger partial charge on any atom is 0.257 e. The number of aryl methyl sites for hydroxylation is 1. The molecule has 2 rings (SSSR count). The van der Waals surface area contributed by atoms with Crippen LogP contribution < -0.4 is 16.2 Å². The highest BCUT2D eigenvalue weighted by molar-refractivity contribution is 8.00. The second-order valence-electron chi connectivity index (χ2n) is 7.38. The normalized spacial score (nSPS) is 11.0. The number of hydrogen-bond donors (Lipinski definition) is 3. The maximum absolute atomic E-state index is 11.9. The summed E-state index contributed by atoms with van der Waals surface area (Å²) in [6, 6.07) is 15.9. The molecule has 0 unspecified atom stereocenters. The van der Waals surface area contributed by atoms with Crippen molar-refractivity contribution >= 4 is 29.3 Å². The van der Waals surface area contributed by atoms with Gasteiger partial charge in [-0.1, -0.05) is 50.6 Å². The van der Waals surface area contributed by atoms with Gasteiger partial charge in [0.05, 0.1) is 12.3 Å². The van der Waals surface area contributed by atoms with Gasteiger partial charge in [-0.15, -0.1) is 11.8 Å². The van der Waals surface area contributed by atoms with Crippen molar-refractivity contribution in [3.63, 3.8) is 0 Å². The van der Waals surface area contributed by atoms with Crippen molar-refractivity contribution in [3.8, 4) is 0 Å². The van der Waals surface area contributed by atoms with Crippen LogP contribution in [0.1, 0.15) is 31.9 Å². The summed E-state index contributed by atoms with van der Waals surface area (Å²) in [6.07, 6.45) is 0. The van der Waals surface area contributed by atoms with Crippen LogP contribution in [0.15, 0.2) is 53.4 Å². The van der Waals surface area contributed by atoms with Crippen LogP contribution >= 0.6 is 11.8 Å². The van der Waals surface area contributed by atoms with Gasteiger partial charge < -0.3 is 5.32 Å². The Bertz CT molecular complexity index is 766. The standard InChI is InChI=1S/C21H27N3O2S/c1-15-5-9-17(10-6-15)22-13-19(25)23-24-20(26)14-27-18-11-7-16(8-12-18)21(2,3)4/h5-12,22H,13-14H2,1-4H3,(H,23,25)(H,24,26). The SMILES string of the molecule is Cc1ccc(NCC(=O)NNC(=O)CSc2ccc(C(C)(C)C)cc2)cc1. The third-order valence-corrected chi connectivity index (χ3v) is 4.95. The lowest BCUT2D eigenvalue weighted by Gasteiger charge is -2.19. The van der Waals surface area contributed by atoms with Gasteiger partial charge in [0.25, 0.3) is 5.91 Å². The number of amides is 2. The number of thioether (sulfide) groups is 1. The maximum atomic E-state index is 11.9. The van der Waals surface area contributed by atoms with E-state index in [0.717, 1.165) is 16.1 Å². The van der Waals surface area contributed by atoms with Gasteiger partial charge in [0.15, 0.2) is 0 Å². The monoisotopic (exact) mass is 385 g/mol. The Hall–Kier alpha value is -2.47. The van der Waals surface area contributed by atoms with Crippen LogP contribution in [-0.4, -0.2) is 24.1 Å². The molecule has 2 aromatic carbocycles. The lowest BCUT2D eigenvalue weighted by atomic mass is 9.87. The molecule has 3 N–H and O–H groups in total. The van der Waals surface area contributed by atoms with Crippen molar-refractivity contribution < 1.29 is 9.59 Å². The Labute approximate surface area is 165 Å². The summed E-state index contributed by atoms with van der Waals surface area (Å²) in [4.78, 5) is 24.7. The third kappa shape index (κ3) is 7.35. The fraction of sp³-hybridized carbons (Fsp3) is 0.333. The van der Waals surface area contributed by atoms with Gasteiger partial charge in [-0.05, 0) is 42.2 Å². The number of anilines is 1. The van der Waals surface area contributed by atoms with Crippen LogP contribution in [0, 0.1) is 6.92 Å². The molecule has 0 aromatic heterocycles. The highest BCUT2D eigenvalue weighted by Gasteiger charge is 2.13. The van der Waals surface area contributed by atoms with Gasteiger partial charge in [-0.2, -0.15) is 0 Å². The number of carbonyl (C=O) groups excluding carboxylic acids is 2. The molecule has 0 radical (unpaired) electrons. The highest BCUT2D eigenvalue weighted by Crippen LogP contribution is 2.25. The molecular weight excluding hydrogens is 358 g/mol. The molecule has 0 aliphatic carbocycles. The summed E-state index contributed by atoms with van der Waals surface area (Å²) in [7, 11) is 0. The van der Waals surface area contributed by atoms with Crippen molar-refractivity contribution in [3.05, 3.63) is 59.7 Å². The van der Waals surface area contributed by atoms with E-state index in [1.54, 1.807) is 0 Å². The first-order chi connectivity index (χ1) is 12.7. The van der Waals surface area contributed by atoms with E-state index in [4.69, 9.17) is 0 Å². The van der Waals surface area contributed by atoms with Crippen LogP contribution in [0.4, 0.5) is 5.69 Å². The molecule has 0 spiro atoms. The average Bonchev–Trinajstić information content (AvgIpc) is 2.64. The minimum atomic E-state index is -0.302. The zero-order valence-electron chi connectivity index (χ0n) is 16.3. The van der Waals surface area contributed by atoms with E-state index >= 15 is 0 Å². The number of rotatable bonds is 6. The molecule has 6 heteroatoms. The molecule has 0 saturated carbocycles. The van der Waals surface area contributed by atoms with Crippen molar-refractivity contribution in [2.45, 2.75) is 38.0 Å². The number of benzene rings is 2. The van der Waals surface area contributed by atoms with E-state index in [9.17, 15) is 9.59 Å². The van der Waals surface area contributed by atoms with Crippen LogP contribution in [-0.2, 0) is 15.0 Å². The summed E-state index contributed by atoms with van der Waals surface area (Å²) in [5.74, 6) is -0.312. The summed E-state index contributed by atoms with van der Waals surface area (Å²) in [5.41, 5.74) is 8.23. The quantitative estimate of drug-likeness (QED) is 0.524. The Morgan fingerprint density at radius 2 is 1.48 bits per heavy atom. The number of carbonyl (C=O) groups is 2. The molecule has 2 aromatic rings. The molecule has 144 valence electrons. The van der Waals surface area contributed by atoms with Crippen LogP contribution in [0.3, 0.4) is 0 Å². The predicted octanol–water partition coefficient (Wildman–Crippen LogP) is 3.64. The average molecular weight is 386 g/mol. The number of hydrazine groups is 1. The highest BCUT2D eigenvalue weighted by atomic mass is 32.2. The van der Waals surface area contributed by atoms with E-state index in [2.05, 4.69) is 49.1 Å². The van der Waals surface area contributed by atoms with E-state index in [0.29, 0.717) is 0 Å². The Morgan fingerprint density at radius 1 is 0.889 bits per heavy atom. The van der Waals surface area contributed by atoms with Crippen LogP contribution in [0.5, 0.6) is 0 Å². The first-order valence-corrected chi connectivity index (χ1v) is 9.84. The first-order valence-electron chi connectivity index (χ1n) is 8.85. The van der Waals surface area contributed by atoms with E-state index in [1.807, 2.05) is 43.3 Å². The Morgan fingerprint density at radius 3 is 2.07 bits per heavy atom. The van der Waals surface area contributed by atoms with Crippen molar-refractivity contribution in [1.82, 2.24) is 10.9 Å². The molecule has 0 aliphatic rings. The molecule has 2 amide bonds. The van der Waals surface area contributed by atoms with Crippen LogP contribution in [0.25, 0.3) is 0 Å². The topological polar surface area (TPSA) is 70.2 Å². The molecule has 5 nitrogen and oxygen atoms in total. The molecule has 0 fully saturated rings. The minimum absolute atomic E-state index is 0.0880. The van der Waals surface area contributed by atoms with Crippen molar-refractivity contribution in [1.29, 1.82) is 0 Å². The van der Waals surface area contributed by atoms with Crippen LogP contribution in [0.2, 0.25) is 0 Å². The van der Waals surface area contributed by atoms with Gasteiger partial charge in [-0.3, -0.25) is 20.4 Å². The molecule has 0 aliphatic heterocycles. The first kappa shape index (κ1) is 20.8. The zero-order valence-corrected chi connectivity index (χ0v) is 17.1. The molecule has 0 atom stereocenters. The van der Waals surface area contributed by atoms with Gasteiger partial charge in [0.2, 0.25) is 5.91 Å². The van der Waals surface area contributed by atoms with Crippen molar-refractivity contribution in [2.24, 2.45) is 0 Å². The minimum Gasteiger partial charge on any atom is -0.376 e. The van der Waals surface area contributed by atoms with Crippen molar-refractivity contribution in [2.75, 3.05) is 17.6 Å². The summed E-state index contributed by atoms with van der Waals surface area (Å²) >= 11 is 1.43. The second kappa shape index (κ2) is 9.46. The molecular formula is C21H27N3O2S. The van der Waals surface area contributed by atoms with E-state index in [-0.39, 0.29) is 29.5 Å². The Balaban J connectivity index is 1.68. The zero-order chi connectivity index (χ0) is 19.9. The largest absolute Gasteiger partial charge is 0.376 e. The lowest BCUT2D eigenvalue weighted by molar-refractivity contribution is -0.126. The van der Waals surface area contributed by atoms with Gasteiger partial charge >= 0.3 is 0 Å². The number of hydrogen-bond acceptors (Lipinski definition) is 4. The van der Waals surface area contributed by atoms with Gasteiger partial charge in [0, 0.05) is 10.6 Å². The third-order valence-electron chi connectivity index (χ3n) is 3.94. The second-order valence-corrected chi connectivity index (χ2v) is 8.43. The smallest absolute Gasteiger partial charge is 0.257 e. The predicted molar refractivity (Wildman–Crippen MR) is 112 cm³/mol. The lowest BCUT2D eigenvalue weighted by Crippen LogP contribution is -2.44. The van der Waals surface area contributed by atoms with E-state index < -0.39 is 0 Å². The van der Waals surface area contributed by atoms with Gasteiger partial charge in [-0.25, -0.2) is 0 Å². The molecule has 0 heterocycles. The fourth-order valence-electron chi connectivity index (χ4n) is 2.27. The molecule has 0 saturated heterocycles. The fourth-order valence-corrected chi connectivity index (χ4v) is 2.97. The summed E-state index contributed by atoms with van der Waals surface area (Å²) in [5, 5.41) is 3.00. The number of nitrogens with one attached hydrogen (secondary N) is 3. The van der Waals surface area contributed by atoms with Gasteiger partial charge in [0.1, 0.15) is 0 Å². The Kier molecular flexibility index (Phi) is 7.30.